The molecule has 0 aliphatic carbocycles. The lowest BCUT2D eigenvalue weighted by atomic mass is 9.73. The molecule has 0 aliphatic heterocycles. The lowest BCUT2D eigenvalue weighted by molar-refractivity contribution is -0.138. The monoisotopic (exact) mass is 198 g/mol. The minimum Gasteiger partial charge on any atom is -0.302 e. The molecular formula is C12H22O2. The van der Waals surface area contributed by atoms with E-state index in [0.29, 0.717) is 12.8 Å². The van der Waals surface area contributed by atoms with Gasteiger partial charge in [0.2, 0.25) is 0 Å². The maximum absolute atomic E-state index is 12.1. The number of ketones is 1. The van der Waals surface area contributed by atoms with Crippen molar-refractivity contribution in [1.82, 2.24) is 0 Å². The predicted octanol–water partition coefficient (Wildman–Crippen LogP) is 3.00. The van der Waals surface area contributed by atoms with Crippen molar-refractivity contribution in [3.8, 4) is 0 Å². The van der Waals surface area contributed by atoms with Crippen LogP contribution in [-0.2, 0) is 9.59 Å². The number of hydrogen-bond donors (Lipinski definition) is 0. The van der Waals surface area contributed by atoms with Crippen LogP contribution in [0.25, 0.3) is 0 Å². The topological polar surface area (TPSA) is 34.1 Å². The van der Waals surface area contributed by atoms with Gasteiger partial charge in [0.15, 0.2) is 0 Å². The first-order valence-electron chi connectivity index (χ1n) is 5.62. The SMILES string of the molecule is CCC(CC)C(=O)C(C=O)(CC)CC. The Hall–Kier alpha value is -0.660. The smallest absolute Gasteiger partial charge is 0.149 e. The highest BCUT2D eigenvalue weighted by molar-refractivity contribution is 5.99. The highest BCUT2D eigenvalue weighted by Crippen LogP contribution is 2.30. The van der Waals surface area contributed by atoms with Crippen molar-refractivity contribution in [1.29, 1.82) is 0 Å². The quantitative estimate of drug-likeness (QED) is 0.465. The summed E-state index contributed by atoms with van der Waals surface area (Å²) in [5, 5.41) is 0. The third-order valence-electron chi connectivity index (χ3n) is 3.33. The molecule has 0 unspecified atom stereocenters. The van der Waals surface area contributed by atoms with Crippen LogP contribution < -0.4 is 0 Å². The van der Waals surface area contributed by atoms with Crippen molar-refractivity contribution in [2.75, 3.05) is 0 Å². The van der Waals surface area contributed by atoms with E-state index in [1.807, 2.05) is 27.7 Å². The minimum absolute atomic E-state index is 0.0556. The van der Waals surface area contributed by atoms with Crippen molar-refractivity contribution in [3.63, 3.8) is 0 Å². The van der Waals surface area contributed by atoms with Gasteiger partial charge < -0.3 is 4.79 Å². The second-order valence-corrected chi connectivity index (χ2v) is 3.86. The van der Waals surface area contributed by atoms with Crippen LogP contribution in [-0.4, -0.2) is 12.1 Å². The second-order valence-electron chi connectivity index (χ2n) is 3.86. The van der Waals surface area contributed by atoms with E-state index in [2.05, 4.69) is 0 Å². The summed E-state index contributed by atoms with van der Waals surface area (Å²) in [7, 11) is 0. The van der Waals surface area contributed by atoms with Crippen LogP contribution in [0.1, 0.15) is 53.4 Å². The fourth-order valence-corrected chi connectivity index (χ4v) is 1.89. The van der Waals surface area contributed by atoms with E-state index in [4.69, 9.17) is 0 Å². The van der Waals surface area contributed by atoms with E-state index in [1.165, 1.54) is 0 Å². The molecule has 0 bridgehead atoms. The van der Waals surface area contributed by atoms with Gasteiger partial charge in [-0.3, -0.25) is 4.79 Å². The van der Waals surface area contributed by atoms with E-state index in [1.54, 1.807) is 0 Å². The highest BCUT2D eigenvalue weighted by Gasteiger charge is 2.37. The lowest BCUT2D eigenvalue weighted by Gasteiger charge is -2.27. The molecule has 0 spiro atoms. The van der Waals surface area contributed by atoms with Gasteiger partial charge >= 0.3 is 0 Å². The standard InChI is InChI=1S/C12H22O2/c1-5-10(6-2)11(14)12(7-3,8-4)9-13/h9-10H,5-8H2,1-4H3. The molecule has 0 N–H and O–H groups in total. The molecule has 0 rings (SSSR count). The van der Waals surface area contributed by atoms with Crippen LogP contribution in [0.4, 0.5) is 0 Å². The molecule has 14 heavy (non-hydrogen) atoms. The molecule has 0 aromatic heterocycles. The summed E-state index contributed by atoms with van der Waals surface area (Å²) in [5.74, 6) is 0.197. The fraction of sp³-hybridized carbons (Fsp3) is 0.833. The Bertz CT molecular complexity index is 188. The lowest BCUT2D eigenvalue weighted by Crippen LogP contribution is -2.36. The molecule has 0 aromatic carbocycles. The summed E-state index contributed by atoms with van der Waals surface area (Å²) in [6, 6.07) is 0. The number of rotatable bonds is 7. The van der Waals surface area contributed by atoms with Crippen molar-refractivity contribution < 1.29 is 9.59 Å². The molecule has 0 amide bonds. The summed E-state index contributed by atoms with van der Waals surface area (Å²) in [4.78, 5) is 23.1. The number of aldehydes is 1. The Kier molecular flexibility index (Phi) is 5.66. The largest absolute Gasteiger partial charge is 0.302 e. The Labute approximate surface area is 87.1 Å². The average Bonchev–Trinajstić information content (AvgIpc) is 2.23. The molecule has 82 valence electrons. The van der Waals surface area contributed by atoms with Crippen molar-refractivity contribution in [3.05, 3.63) is 0 Å². The van der Waals surface area contributed by atoms with Gasteiger partial charge in [-0.15, -0.1) is 0 Å². The number of Topliss-reactive ketones (excluding diaryl/α,β-unsaturated/α-hetero) is 1. The third-order valence-corrected chi connectivity index (χ3v) is 3.33. The van der Waals surface area contributed by atoms with Gasteiger partial charge in [-0.2, -0.15) is 0 Å². The van der Waals surface area contributed by atoms with Gasteiger partial charge in [0.25, 0.3) is 0 Å². The number of carbonyl (C=O) groups is 2. The fourth-order valence-electron chi connectivity index (χ4n) is 1.89. The summed E-state index contributed by atoms with van der Waals surface area (Å²) >= 11 is 0. The summed E-state index contributed by atoms with van der Waals surface area (Å²) in [6.07, 6.45) is 3.79. The first kappa shape index (κ1) is 13.3. The Morgan fingerprint density at radius 3 is 1.79 bits per heavy atom. The molecule has 2 nitrogen and oxygen atoms in total. The van der Waals surface area contributed by atoms with Crippen LogP contribution in [0.2, 0.25) is 0 Å². The van der Waals surface area contributed by atoms with Gasteiger partial charge in [-0.05, 0) is 25.7 Å². The third kappa shape index (κ3) is 2.43. The zero-order valence-electron chi connectivity index (χ0n) is 9.80. The molecule has 0 aliphatic rings. The Balaban J connectivity index is 4.82. The second kappa shape index (κ2) is 5.94. The molecule has 0 atom stereocenters. The number of hydrogen-bond acceptors (Lipinski definition) is 2. The van der Waals surface area contributed by atoms with Crippen LogP contribution in [0, 0.1) is 11.3 Å². The molecule has 0 saturated heterocycles. The molecule has 0 radical (unpaired) electrons. The predicted molar refractivity (Wildman–Crippen MR) is 58.2 cm³/mol. The van der Waals surface area contributed by atoms with Gasteiger partial charge in [-0.1, -0.05) is 27.7 Å². The van der Waals surface area contributed by atoms with Crippen molar-refractivity contribution in [2.24, 2.45) is 11.3 Å². The normalized spacial score (nSPS) is 11.8. The minimum atomic E-state index is -0.712. The van der Waals surface area contributed by atoms with Crippen LogP contribution in [0.15, 0.2) is 0 Å². The van der Waals surface area contributed by atoms with E-state index in [-0.39, 0.29) is 11.7 Å². The molecule has 0 fully saturated rings. The summed E-state index contributed by atoms with van der Waals surface area (Å²) < 4.78 is 0. The molecule has 2 heteroatoms. The van der Waals surface area contributed by atoms with Gasteiger partial charge in [0.1, 0.15) is 12.1 Å². The first-order valence-corrected chi connectivity index (χ1v) is 5.62. The maximum atomic E-state index is 12.1. The van der Waals surface area contributed by atoms with Crippen LogP contribution in [0.5, 0.6) is 0 Å². The molecular weight excluding hydrogens is 176 g/mol. The summed E-state index contributed by atoms with van der Waals surface area (Å²) in [6.45, 7) is 7.84. The van der Waals surface area contributed by atoms with Crippen molar-refractivity contribution in [2.45, 2.75) is 53.4 Å². The van der Waals surface area contributed by atoms with E-state index >= 15 is 0 Å². The molecule has 0 aromatic rings. The van der Waals surface area contributed by atoms with E-state index in [0.717, 1.165) is 19.1 Å². The van der Waals surface area contributed by atoms with Crippen LogP contribution >= 0.6 is 0 Å². The zero-order chi connectivity index (χ0) is 11.2. The average molecular weight is 198 g/mol. The summed E-state index contributed by atoms with van der Waals surface area (Å²) in [5.41, 5.74) is -0.712. The van der Waals surface area contributed by atoms with Gasteiger partial charge in [0.05, 0.1) is 5.41 Å². The van der Waals surface area contributed by atoms with Crippen LogP contribution in [0.3, 0.4) is 0 Å². The zero-order valence-corrected chi connectivity index (χ0v) is 9.80. The van der Waals surface area contributed by atoms with Gasteiger partial charge in [0, 0.05) is 5.92 Å². The number of carbonyl (C=O) groups excluding carboxylic acids is 2. The molecule has 0 saturated carbocycles. The van der Waals surface area contributed by atoms with E-state index in [9.17, 15) is 9.59 Å². The Morgan fingerprint density at radius 2 is 1.57 bits per heavy atom. The van der Waals surface area contributed by atoms with Crippen molar-refractivity contribution >= 4 is 12.1 Å². The first-order chi connectivity index (χ1) is 6.61. The Morgan fingerprint density at radius 1 is 1.14 bits per heavy atom. The van der Waals surface area contributed by atoms with E-state index < -0.39 is 5.41 Å². The maximum Gasteiger partial charge on any atom is 0.149 e. The molecule has 0 heterocycles. The highest BCUT2D eigenvalue weighted by atomic mass is 16.1. The van der Waals surface area contributed by atoms with Gasteiger partial charge in [-0.25, -0.2) is 0 Å².